The van der Waals surface area contributed by atoms with E-state index in [1.165, 1.54) is 6.20 Å². The Morgan fingerprint density at radius 3 is 2.67 bits per heavy atom. The van der Waals surface area contributed by atoms with Crippen LogP contribution in [0.1, 0.15) is 5.56 Å². The van der Waals surface area contributed by atoms with Crippen LogP contribution in [-0.2, 0) is 6.54 Å². The molecule has 0 atom stereocenters. The Morgan fingerprint density at radius 1 is 1.50 bits per heavy atom. The summed E-state index contributed by atoms with van der Waals surface area (Å²) in [5.74, 6) is 0. The monoisotopic (exact) mass is 191 g/mol. The predicted molar refractivity (Wildman–Crippen MR) is 47.7 cm³/mol. The second-order valence-electron chi connectivity index (χ2n) is 2.13. The fourth-order valence-corrected chi connectivity index (χ4v) is 0.759. The molecule has 0 aliphatic heterocycles. The van der Waals surface area contributed by atoms with Crippen molar-refractivity contribution >= 4 is 12.4 Å². The summed E-state index contributed by atoms with van der Waals surface area (Å²) < 4.78 is 0. The van der Waals surface area contributed by atoms with Crippen molar-refractivity contribution in [2.24, 2.45) is 0 Å². The topological polar surface area (TPSA) is 77.8 Å². The van der Waals surface area contributed by atoms with Crippen LogP contribution >= 0.6 is 12.4 Å². The summed E-state index contributed by atoms with van der Waals surface area (Å²) in [5, 5.41) is 2.80. The summed E-state index contributed by atoms with van der Waals surface area (Å²) in [4.78, 5) is 25.9. The van der Waals surface area contributed by atoms with Crippen molar-refractivity contribution in [3.05, 3.63) is 32.6 Å². The van der Waals surface area contributed by atoms with Crippen LogP contribution in [0.4, 0.5) is 0 Å². The Hall–Kier alpha value is -1.07. The molecule has 0 aromatic carbocycles. The number of H-pyrrole nitrogens is 2. The summed E-state index contributed by atoms with van der Waals surface area (Å²) in [6, 6.07) is 0. The molecule has 0 saturated heterocycles. The third kappa shape index (κ3) is 2.52. The maximum Gasteiger partial charge on any atom is 0.325 e. The lowest BCUT2D eigenvalue weighted by Crippen LogP contribution is -2.26. The highest BCUT2D eigenvalue weighted by molar-refractivity contribution is 5.85. The summed E-state index contributed by atoms with van der Waals surface area (Å²) in [6.07, 6.45) is 1.40. The van der Waals surface area contributed by atoms with Crippen molar-refractivity contribution in [1.29, 1.82) is 0 Å². The van der Waals surface area contributed by atoms with Gasteiger partial charge in [0.15, 0.2) is 0 Å². The third-order valence-corrected chi connectivity index (χ3v) is 1.26. The van der Waals surface area contributed by atoms with Gasteiger partial charge < -0.3 is 10.3 Å². The molecule has 12 heavy (non-hydrogen) atoms. The molecule has 5 nitrogen and oxygen atoms in total. The zero-order chi connectivity index (χ0) is 8.27. The number of halogens is 1. The standard InChI is InChI=1S/C6H9N3O2.ClH/c1-7-2-4-3-8-6(11)9-5(4)10;/h3,7H,2H2,1H3,(H2,8,9,10,11);1H. The highest BCUT2D eigenvalue weighted by Gasteiger charge is 1.96. The molecular weight excluding hydrogens is 182 g/mol. The molecule has 68 valence electrons. The quantitative estimate of drug-likeness (QED) is 0.573. The van der Waals surface area contributed by atoms with E-state index >= 15 is 0 Å². The summed E-state index contributed by atoms with van der Waals surface area (Å²) in [5.41, 5.74) is -0.301. The van der Waals surface area contributed by atoms with Crippen LogP contribution in [-0.4, -0.2) is 17.0 Å². The second kappa shape index (κ2) is 4.74. The molecule has 0 amide bonds. The van der Waals surface area contributed by atoms with E-state index in [1.807, 2.05) is 0 Å². The maximum absolute atomic E-state index is 10.9. The minimum atomic E-state index is -0.477. The van der Waals surface area contributed by atoms with Gasteiger partial charge in [-0.3, -0.25) is 9.78 Å². The van der Waals surface area contributed by atoms with E-state index < -0.39 is 5.69 Å². The first-order valence-electron chi connectivity index (χ1n) is 3.19. The van der Waals surface area contributed by atoms with Gasteiger partial charge in [-0.15, -0.1) is 12.4 Å². The van der Waals surface area contributed by atoms with Crippen LogP contribution in [0.2, 0.25) is 0 Å². The van der Waals surface area contributed by atoms with E-state index in [1.54, 1.807) is 7.05 Å². The lowest BCUT2D eigenvalue weighted by atomic mass is 10.3. The van der Waals surface area contributed by atoms with Gasteiger partial charge in [-0.25, -0.2) is 4.79 Å². The van der Waals surface area contributed by atoms with E-state index in [-0.39, 0.29) is 18.0 Å². The van der Waals surface area contributed by atoms with Gasteiger partial charge in [-0.2, -0.15) is 0 Å². The van der Waals surface area contributed by atoms with Gasteiger partial charge in [0.05, 0.1) is 0 Å². The molecule has 0 spiro atoms. The normalized spacial score (nSPS) is 9.08. The van der Waals surface area contributed by atoms with Crippen molar-refractivity contribution in [2.75, 3.05) is 7.05 Å². The molecule has 0 bridgehead atoms. The molecule has 0 radical (unpaired) electrons. The molecular formula is C6H10ClN3O2. The summed E-state index contributed by atoms with van der Waals surface area (Å²) in [6.45, 7) is 0.451. The van der Waals surface area contributed by atoms with Gasteiger partial charge in [-0.1, -0.05) is 0 Å². The highest BCUT2D eigenvalue weighted by Crippen LogP contribution is 1.80. The number of aromatic amines is 2. The van der Waals surface area contributed by atoms with E-state index in [2.05, 4.69) is 15.3 Å². The zero-order valence-electron chi connectivity index (χ0n) is 6.51. The molecule has 1 heterocycles. The van der Waals surface area contributed by atoms with Crippen LogP contribution in [0, 0.1) is 0 Å². The number of aromatic nitrogens is 2. The average molecular weight is 192 g/mol. The fraction of sp³-hybridized carbons (Fsp3) is 0.333. The van der Waals surface area contributed by atoms with Gasteiger partial charge in [0.25, 0.3) is 5.56 Å². The zero-order valence-corrected chi connectivity index (χ0v) is 7.33. The van der Waals surface area contributed by atoms with E-state index in [0.717, 1.165) is 0 Å². The van der Waals surface area contributed by atoms with Crippen LogP contribution in [0.15, 0.2) is 15.8 Å². The first kappa shape index (κ1) is 10.9. The summed E-state index contributed by atoms with van der Waals surface area (Å²) >= 11 is 0. The van der Waals surface area contributed by atoms with Gasteiger partial charge >= 0.3 is 5.69 Å². The van der Waals surface area contributed by atoms with Crippen LogP contribution in [0.5, 0.6) is 0 Å². The molecule has 1 aromatic heterocycles. The lowest BCUT2D eigenvalue weighted by molar-refractivity contribution is 0.791. The smallest absolute Gasteiger partial charge is 0.315 e. The van der Waals surface area contributed by atoms with Gasteiger partial charge in [0.1, 0.15) is 0 Å². The average Bonchev–Trinajstić information content (AvgIpc) is 1.95. The number of rotatable bonds is 2. The van der Waals surface area contributed by atoms with E-state index in [4.69, 9.17) is 0 Å². The summed E-state index contributed by atoms with van der Waals surface area (Å²) in [7, 11) is 1.73. The first-order chi connectivity index (χ1) is 5.24. The molecule has 0 aliphatic rings. The molecule has 1 aromatic rings. The Morgan fingerprint density at radius 2 is 2.17 bits per heavy atom. The minimum absolute atomic E-state index is 0. The van der Waals surface area contributed by atoms with Gasteiger partial charge in [0, 0.05) is 18.3 Å². The predicted octanol–water partition coefficient (Wildman–Crippen LogP) is -0.796. The first-order valence-corrected chi connectivity index (χ1v) is 3.19. The molecule has 3 N–H and O–H groups in total. The Kier molecular flexibility index (Phi) is 4.31. The number of hydrogen-bond donors (Lipinski definition) is 3. The molecule has 0 unspecified atom stereocenters. The second-order valence-corrected chi connectivity index (χ2v) is 2.13. The highest BCUT2D eigenvalue weighted by atomic mass is 35.5. The van der Waals surface area contributed by atoms with Gasteiger partial charge in [-0.05, 0) is 7.05 Å². The number of hydrogen-bond acceptors (Lipinski definition) is 3. The number of nitrogens with one attached hydrogen (secondary N) is 3. The van der Waals surface area contributed by atoms with E-state index in [0.29, 0.717) is 12.1 Å². The third-order valence-electron chi connectivity index (χ3n) is 1.26. The Bertz CT molecular complexity index is 343. The maximum atomic E-state index is 10.9. The van der Waals surface area contributed by atoms with Crippen molar-refractivity contribution < 1.29 is 0 Å². The molecule has 0 saturated carbocycles. The minimum Gasteiger partial charge on any atom is -0.315 e. The molecule has 0 aliphatic carbocycles. The van der Waals surface area contributed by atoms with Gasteiger partial charge in [0.2, 0.25) is 0 Å². The fourth-order valence-electron chi connectivity index (χ4n) is 0.759. The van der Waals surface area contributed by atoms with Crippen LogP contribution < -0.4 is 16.6 Å². The molecule has 6 heteroatoms. The van der Waals surface area contributed by atoms with Crippen LogP contribution in [0.25, 0.3) is 0 Å². The van der Waals surface area contributed by atoms with Crippen molar-refractivity contribution in [3.63, 3.8) is 0 Å². The van der Waals surface area contributed by atoms with E-state index in [9.17, 15) is 9.59 Å². The SMILES string of the molecule is CNCc1c[nH]c(=O)[nH]c1=O.Cl. The largest absolute Gasteiger partial charge is 0.325 e. The van der Waals surface area contributed by atoms with Crippen molar-refractivity contribution in [3.8, 4) is 0 Å². The molecule has 0 fully saturated rings. The Labute approximate surface area is 74.6 Å². The van der Waals surface area contributed by atoms with Crippen molar-refractivity contribution in [1.82, 2.24) is 15.3 Å². The van der Waals surface area contributed by atoms with Crippen LogP contribution in [0.3, 0.4) is 0 Å². The lowest BCUT2D eigenvalue weighted by Gasteiger charge is -1.95. The van der Waals surface area contributed by atoms with Crippen molar-refractivity contribution in [2.45, 2.75) is 6.54 Å². The molecule has 1 rings (SSSR count). The Balaban J connectivity index is 0.00000121.